The number of amides is 2. The molecule has 2 amide bonds. The van der Waals surface area contributed by atoms with Gasteiger partial charge >= 0.3 is 0 Å². The van der Waals surface area contributed by atoms with Crippen molar-refractivity contribution in [2.45, 2.75) is 18.2 Å². The molecule has 1 aliphatic heterocycles. The molecule has 1 N–H and O–H groups in total. The molecule has 1 heterocycles. The number of nitrogens with one attached hydrogen (secondary N) is 1. The number of anilines is 2. The number of fused-ring (bicyclic) bond motifs is 1. The largest absolute Gasteiger partial charge is 0.322 e. The van der Waals surface area contributed by atoms with Crippen LogP contribution < -0.4 is 10.2 Å². The van der Waals surface area contributed by atoms with E-state index in [0.29, 0.717) is 22.8 Å². The minimum atomic E-state index is -0.225. The molecular weight excluding hydrogens is 416 g/mol. The molecule has 0 spiro atoms. The summed E-state index contributed by atoms with van der Waals surface area (Å²) in [5.41, 5.74) is 4.32. The molecule has 152 valence electrons. The Balaban J connectivity index is 1.45. The lowest BCUT2D eigenvalue weighted by Crippen LogP contribution is -2.30. The van der Waals surface area contributed by atoms with Crippen LogP contribution in [-0.4, -0.2) is 24.1 Å². The zero-order chi connectivity index (χ0) is 21.1. The normalized spacial score (nSPS) is 12.5. The number of aryl methyl sites for hydroxylation is 1. The lowest BCUT2D eigenvalue weighted by molar-refractivity contribution is -0.116. The van der Waals surface area contributed by atoms with E-state index in [-0.39, 0.29) is 17.6 Å². The number of carbonyl (C=O) groups excluding carboxylic acids is 2. The number of rotatable bonds is 5. The Bertz CT molecular complexity index is 1120. The Morgan fingerprint density at radius 2 is 1.83 bits per heavy atom. The molecule has 0 atom stereocenters. The second kappa shape index (κ2) is 8.94. The highest BCUT2D eigenvalue weighted by Crippen LogP contribution is 2.30. The molecule has 0 saturated heterocycles. The van der Waals surface area contributed by atoms with Crippen LogP contribution in [0.4, 0.5) is 11.4 Å². The quantitative estimate of drug-likeness (QED) is 0.531. The Hall–Kier alpha value is -2.76. The van der Waals surface area contributed by atoms with Crippen molar-refractivity contribution in [3.05, 3.63) is 88.4 Å². The fourth-order valence-electron chi connectivity index (χ4n) is 3.46. The molecule has 0 aromatic heterocycles. The smallest absolute Gasteiger partial charge is 0.256 e. The van der Waals surface area contributed by atoms with E-state index in [0.717, 1.165) is 22.6 Å². The Labute approximate surface area is 185 Å². The van der Waals surface area contributed by atoms with Crippen molar-refractivity contribution in [1.29, 1.82) is 0 Å². The molecule has 3 aromatic carbocycles. The first-order valence-corrected chi connectivity index (χ1v) is 11.1. The Kier molecular flexibility index (Phi) is 6.11. The van der Waals surface area contributed by atoms with Crippen molar-refractivity contribution < 1.29 is 9.59 Å². The second-order valence-electron chi connectivity index (χ2n) is 7.13. The van der Waals surface area contributed by atoms with Gasteiger partial charge in [-0.25, -0.2) is 0 Å². The van der Waals surface area contributed by atoms with Gasteiger partial charge in [0.05, 0.1) is 11.3 Å². The van der Waals surface area contributed by atoms with Crippen LogP contribution in [0.2, 0.25) is 5.02 Å². The van der Waals surface area contributed by atoms with Gasteiger partial charge in [0.25, 0.3) is 5.91 Å². The molecule has 0 radical (unpaired) electrons. The molecule has 0 fully saturated rings. The van der Waals surface area contributed by atoms with Crippen molar-refractivity contribution in [3.63, 3.8) is 0 Å². The first kappa shape index (κ1) is 20.5. The van der Waals surface area contributed by atoms with Gasteiger partial charge in [-0.3, -0.25) is 9.59 Å². The van der Waals surface area contributed by atoms with Gasteiger partial charge in [-0.15, -0.1) is 11.8 Å². The average molecular weight is 437 g/mol. The highest BCUT2D eigenvalue weighted by Gasteiger charge is 2.24. The third-order valence-electron chi connectivity index (χ3n) is 5.10. The Morgan fingerprint density at radius 3 is 2.67 bits per heavy atom. The minimum Gasteiger partial charge on any atom is -0.322 e. The summed E-state index contributed by atoms with van der Waals surface area (Å²) in [6.07, 6.45) is 0.880. The van der Waals surface area contributed by atoms with Gasteiger partial charge in [-0.2, -0.15) is 0 Å². The molecule has 0 unspecified atom stereocenters. The maximum absolute atomic E-state index is 12.8. The summed E-state index contributed by atoms with van der Waals surface area (Å²) in [6, 6.07) is 20.7. The van der Waals surface area contributed by atoms with Crippen LogP contribution in [0.15, 0.2) is 71.6 Å². The van der Waals surface area contributed by atoms with Crippen molar-refractivity contribution in [2.75, 3.05) is 22.5 Å². The van der Waals surface area contributed by atoms with Gasteiger partial charge in [-0.05, 0) is 54.8 Å². The number of hydrogen-bond acceptors (Lipinski definition) is 3. The molecule has 6 heteroatoms. The summed E-state index contributed by atoms with van der Waals surface area (Å²) in [6.45, 7) is 2.62. The van der Waals surface area contributed by atoms with Crippen LogP contribution in [-0.2, 0) is 11.2 Å². The standard InChI is InChI=1S/C24H21ClN2O2S/c1-16-10-11-18(14-20(16)25)26-24(29)19-7-3-5-9-22(19)30-15-23(28)27-13-12-17-6-2-4-8-21(17)27/h2-11,14H,12-13,15H2,1H3,(H,26,29). The van der Waals surface area contributed by atoms with Crippen LogP contribution in [0.3, 0.4) is 0 Å². The van der Waals surface area contributed by atoms with E-state index in [2.05, 4.69) is 11.4 Å². The number of benzene rings is 3. The fourth-order valence-corrected chi connectivity index (χ4v) is 4.57. The number of thioether (sulfide) groups is 1. The van der Waals surface area contributed by atoms with Gasteiger partial charge in [0.15, 0.2) is 0 Å². The molecule has 0 bridgehead atoms. The van der Waals surface area contributed by atoms with Crippen molar-refractivity contribution in [1.82, 2.24) is 0 Å². The summed E-state index contributed by atoms with van der Waals surface area (Å²) in [4.78, 5) is 28.3. The van der Waals surface area contributed by atoms with Gasteiger partial charge in [0, 0.05) is 27.8 Å². The monoisotopic (exact) mass is 436 g/mol. The molecule has 3 aromatic rings. The second-order valence-corrected chi connectivity index (χ2v) is 8.55. The van der Waals surface area contributed by atoms with Crippen LogP contribution in [0.5, 0.6) is 0 Å². The summed E-state index contributed by atoms with van der Waals surface area (Å²) < 4.78 is 0. The first-order chi connectivity index (χ1) is 14.5. The van der Waals surface area contributed by atoms with E-state index in [4.69, 9.17) is 11.6 Å². The van der Waals surface area contributed by atoms with Gasteiger partial charge in [0.2, 0.25) is 5.91 Å². The molecule has 30 heavy (non-hydrogen) atoms. The lowest BCUT2D eigenvalue weighted by Gasteiger charge is -2.17. The number of nitrogens with zero attached hydrogens (tertiary/aromatic N) is 1. The van der Waals surface area contributed by atoms with E-state index in [9.17, 15) is 9.59 Å². The van der Waals surface area contributed by atoms with E-state index in [1.165, 1.54) is 17.3 Å². The number of halogens is 1. The molecular formula is C24H21ClN2O2S. The summed E-state index contributed by atoms with van der Waals surface area (Å²) in [5.74, 6) is 0.0945. The van der Waals surface area contributed by atoms with Gasteiger partial charge in [0.1, 0.15) is 0 Å². The number of hydrogen-bond donors (Lipinski definition) is 1. The maximum Gasteiger partial charge on any atom is 0.256 e. The van der Waals surface area contributed by atoms with Crippen molar-refractivity contribution in [3.8, 4) is 0 Å². The van der Waals surface area contributed by atoms with Crippen molar-refractivity contribution >= 4 is 46.6 Å². The fraction of sp³-hybridized carbons (Fsp3) is 0.167. The zero-order valence-corrected chi connectivity index (χ0v) is 18.1. The van der Waals surface area contributed by atoms with Crippen LogP contribution in [0.25, 0.3) is 0 Å². The van der Waals surface area contributed by atoms with Crippen LogP contribution in [0, 0.1) is 6.92 Å². The molecule has 4 nitrogen and oxygen atoms in total. The van der Waals surface area contributed by atoms with E-state index in [1.807, 2.05) is 60.4 Å². The highest BCUT2D eigenvalue weighted by molar-refractivity contribution is 8.00. The van der Waals surface area contributed by atoms with Crippen molar-refractivity contribution in [2.24, 2.45) is 0 Å². The summed E-state index contributed by atoms with van der Waals surface area (Å²) in [5, 5.41) is 3.49. The Morgan fingerprint density at radius 1 is 1.07 bits per heavy atom. The minimum absolute atomic E-state index is 0.0467. The highest BCUT2D eigenvalue weighted by atomic mass is 35.5. The van der Waals surface area contributed by atoms with E-state index < -0.39 is 0 Å². The average Bonchev–Trinajstić information content (AvgIpc) is 3.19. The zero-order valence-electron chi connectivity index (χ0n) is 16.5. The molecule has 0 saturated carbocycles. The maximum atomic E-state index is 12.8. The predicted molar refractivity (Wildman–Crippen MR) is 124 cm³/mol. The molecule has 0 aliphatic carbocycles. The van der Waals surface area contributed by atoms with Crippen LogP contribution in [0.1, 0.15) is 21.5 Å². The van der Waals surface area contributed by atoms with Gasteiger partial charge in [-0.1, -0.05) is 48.0 Å². The van der Waals surface area contributed by atoms with E-state index in [1.54, 1.807) is 12.1 Å². The first-order valence-electron chi connectivity index (χ1n) is 9.70. The van der Waals surface area contributed by atoms with Crippen LogP contribution >= 0.6 is 23.4 Å². The predicted octanol–water partition coefficient (Wildman–Crippen LogP) is 5.58. The number of para-hydroxylation sites is 1. The van der Waals surface area contributed by atoms with Gasteiger partial charge < -0.3 is 10.2 Å². The van der Waals surface area contributed by atoms with E-state index >= 15 is 0 Å². The lowest BCUT2D eigenvalue weighted by atomic mass is 10.2. The molecule has 4 rings (SSSR count). The molecule has 1 aliphatic rings. The topological polar surface area (TPSA) is 49.4 Å². The third-order valence-corrected chi connectivity index (χ3v) is 6.57. The number of carbonyl (C=O) groups is 2. The summed E-state index contributed by atoms with van der Waals surface area (Å²) in [7, 11) is 0. The third kappa shape index (κ3) is 4.37. The SMILES string of the molecule is Cc1ccc(NC(=O)c2ccccc2SCC(=O)N2CCc3ccccc32)cc1Cl. The summed E-state index contributed by atoms with van der Waals surface area (Å²) >= 11 is 7.54.